The monoisotopic (exact) mass is 276 g/mol. The molecule has 14 heavy (non-hydrogen) atoms. The van der Waals surface area contributed by atoms with Crippen LogP contribution in [0.1, 0.15) is 24.2 Å². The second kappa shape index (κ2) is 4.75. The second-order valence-electron chi connectivity index (χ2n) is 3.11. The van der Waals surface area contributed by atoms with Crippen LogP contribution in [0.5, 0.6) is 0 Å². The van der Waals surface area contributed by atoms with Crippen LogP contribution in [0.3, 0.4) is 0 Å². The van der Waals surface area contributed by atoms with Gasteiger partial charge in [0.15, 0.2) is 0 Å². The van der Waals surface area contributed by atoms with Crippen molar-refractivity contribution in [3.8, 4) is 0 Å². The normalized spacial score (nSPS) is 10.4. The average Bonchev–Trinajstić information content (AvgIpc) is 2.01. The zero-order valence-corrected chi connectivity index (χ0v) is 10.2. The van der Waals surface area contributed by atoms with Crippen molar-refractivity contribution < 1.29 is 4.79 Å². The summed E-state index contributed by atoms with van der Waals surface area (Å²) in [5, 5.41) is 3.10. The van der Waals surface area contributed by atoms with Crippen molar-refractivity contribution in [3.05, 3.63) is 27.5 Å². The number of amides is 1. The third-order valence-corrected chi connectivity index (χ3v) is 2.39. The van der Waals surface area contributed by atoms with E-state index >= 15 is 0 Å². The van der Waals surface area contributed by atoms with Crippen LogP contribution in [-0.2, 0) is 0 Å². The summed E-state index contributed by atoms with van der Waals surface area (Å²) in [6.45, 7) is 3.78. The van der Waals surface area contributed by atoms with Gasteiger partial charge in [0.2, 0.25) is 0 Å². The first-order valence-corrected chi connectivity index (χ1v) is 5.29. The van der Waals surface area contributed by atoms with E-state index < -0.39 is 0 Å². The molecule has 0 spiro atoms. The van der Waals surface area contributed by atoms with Gasteiger partial charge in [-0.25, -0.2) is 0 Å². The Balaban J connectivity index is 3.00. The van der Waals surface area contributed by atoms with E-state index in [1.807, 2.05) is 13.8 Å². The Hall–Kier alpha value is -0.610. The number of hydrogen-bond acceptors (Lipinski definition) is 2. The molecule has 1 amide bonds. The van der Waals surface area contributed by atoms with Gasteiger partial charge in [-0.1, -0.05) is 11.6 Å². The van der Waals surface area contributed by atoms with Crippen LogP contribution in [0, 0.1) is 0 Å². The second-order valence-corrected chi connectivity index (χ2v) is 4.37. The van der Waals surface area contributed by atoms with E-state index in [-0.39, 0.29) is 11.9 Å². The highest BCUT2D eigenvalue weighted by atomic mass is 79.9. The Morgan fingerprint density at radius 1 is 1.57 bits per heavy atom. The highest BCUT2D eigenvalue weighted by Crippen LogP contribution is 2.23. The molecule has 1 heterocycles. The molecule has 0 radical (unpaired) electrons. The van der Waals surface area contributed by atoms with Crippen molar-refractivity contribution in [1.82, 2.24) is 10.3 Å². The molecule has 1 aromatic heterocycles. The van der Waals surface area contributed by atoms with Crippen molar-refractivity contribution in [2.45, 2.75) is 19.9 Å². The predicted molar refractivity (Wildman–Crippen MR) is 59.5 cm³/mol. The lowest BCUT2D eigenvalue weighted by Gasteiger charge is -2.10. The zero-order valence-electron chi connectivity index (χ0n) is 7.84. The molecule has 1 aromatic rings. The van der Waals surface area contributed by atoms with E-state index in [2.05, 4.69) is 26.2 Å². The molecule has 0 saturated heterocycles. The SMILES string of the molecule is CC(C)NC(=O)c1c(Cl)cncc1Br. The van der Waals surface area contributed by atoms with Gasteiger partial charge in [-0.2, -0.15) is 0 Å². The number of carbonyl (C=O) groups excluding carboxylic acids is 1. The number of rotatable bonds is 2. The maximum absolute atomic E-state index is 11.6. The molecular weight excluding hydrogens is 267 g/mol. The highest BCUT2D eigenvalue weighted by molar-refractivity contribution is 9.10. The van der Waals surface area contributed by atoms with Crippen LogP contribution >= 0.6 is 27.5 Å². The molecule has 0 unspecified atom stereocenters. The molecule has 1 N–H and O–H groups in total. The fraction of sp³-hybridized carbons (Fsp3) is 0.333. The van der Waals surface area contributed by atoms with Gasteiger partial charge in [0.1, 0.15) is 0 Å². The van der Waals surface area contributed by atoms with Gasteiger partial charge in [-0.3, -0.25) is 9.78 Å². The van der Waals surface area contributed by atoms with E-state index in [1.54, 1.807) is 6.20 Å². The molecule has 0 aromatic carbocycles. The number of pyridine rings is 1. The molecule has 0 fully saturated rings. The van der Waals surface area contributed by atoms with E-state index in [1.165, 1.54) is 6.20 Å². The zero-order chi connectivity index (χ0) is 10.7. The maximum atomic E-state index is 11.6. The summed E-state index contributed by atoms with van der Waals surface area (Å²) in [6, 6.07) is 0.0821. The van der Waals surface area contributed by atoms with E-state index in [9.17, 15) is 4.79 Å². The van der Waals surface area contributed by atoms with Crippen molar-refractivity contribution in [2.75, 3.05) is 0 Å². The predicted octanol–water partition coefficient (Wildman–Crippen LogP) is 2.64. The Morgan fingerprint density at radius 3 is 2.71 bits per heavy atom. The minimum Gasteiger partial charge on any atom is -0.350 e. The van der Waals surface area contributed by atoms with Crippen molar-refractivity contribution in [1.29, 1.82) is 0 Å². The minimum atomic E-state index is -0.195. The number of halogens is 2. The third kappa shape index (κ3) is 2.69. The molecule has 5 heteroatoms. The number of aromatic nitrogens is 1. The number of hydrogen-bond donors (Lipinski definition) is 1. The average molecular weight is 278 g/mol. The summed E-state index contributed by atoms with van der Waals surface area (Å²) in [7, 11) is 0. The van der Waals surface area contributed by atoms with Gasteiger partial charge in [0, 0.05) is 18.4 Å². The van der Waals surface area contributed by atoms with Crippen LogP contribution in [-0.4, -0.2) is 16.9 Å². The summed E-state index contributed by atoms with van der Waals surface area (Å²) in [6.07, 6.45) is 2.99. The molecule has 76 valence electrons. The first kappa shape index (κ1) is 11.5. The largest absolute Gasteiger partial charge is 0.350 e. The van der Waals surface area contributed by atoms with Crippen LogP contribution in [0.15, 0.2) is 16.9 Å². The van der Waals surface area contributed by atoms with Crippen LogP contribution in [0.4, 0.5) is 0 Å². The molecule has 0 atom stereocenters. The van der Waals surface area contributed by atoms with Crippen molar-refractivity contribution in [2.24, 2.45) is 0 Å². The van der Waals surface area contributed by atoms with Crippen LogP contribution in [0.2, 0.25) is 5.02 Å². The first-order valence-electron chi connectivity index (χ1n) is 4.12. The molecule has 0 saturated carbocycles. The molecular formula is C9H10BrClN2O. The quantitative estimate of drug-likeness (QED) is 0.903. The summed E-state index contributed by atoms with van der Waals surface area (Å²) >= 11 is 9.08. The van der Waals surface area contributed by atoms with E-state index in [4.69, 9.17) is 11.6 Å². The molecule has 3 nitrogen and oxygen atoms in total. The topological polar surface area (TPSA) is 42.0 Å². The molecule has 0 aliphatic rings. The molecule has 0 bridgehead atoms. The Kier molecular flexibility index (Phi) is 3.89. The fourth-order valence-corrected chi connectivity index (χ4v) is 1.83. The van der Waals surface area contributed by atoms with Gasteiger partial charge < -0.3 is 5.32 Å². The summed E-state index contributed by atoms with van der Waals surface area (Å²) < 4.78 is 0.600. The van der Waals surface area contributed by atoms with Crippen LogP contribution < -0.4 is 5.32 Å². The van der Waals surface area contributed by atoms with Gasteiger partial charge in [-0.05, 0) is 29.8 Å². The number of nitrogens with zero attached hydrogens (tertiary/aromatic N) is 1. The van der Waals surface area contributed by atoms with E-state index in [0.717, 1.165) is 0 Å². The smallest absolute Gasteiger partial charge is 0.254 e. The van der Waals surface area contributed by atoms with Crippen molar-refractivity contribution >= 4 is 33.4 Å². The van der Waals surface area contributed by atoms with Crippen LogP contribution in [0.25, 0.3) is 0 Å². The standard InChI is InChI=1S/C9H10BrClN2O/c1-5(2)13-9(14)8-6(10)3-12-4-7(8)11/h3-5H,1-2H3,(H,13,14). The summed E-state index contributed by atoms with van der Waals surface area (Å²) in [5.74, 6) is -0.195. The first-order chi connectivity index (χ1) is 6.52. The lowest BCUT2D eigenvalue weighted by atomic mass is 10.2. The van der Waals surface area contributed by atoms with Gasteiger partial charge in [0.05, 0.1) is 15.1 Å². The Bertz CT molecular complexity index is 334. The summed E-state index contributed by atoms with van der Waals surface area (Å²) in [5.41, 5.74) is 0.426. The lowest BCUT2D eigenvalue weighted by molar-refractivity contribution is 0.0942. The van der Waals surface area contributed by atoms with Gasteiger partial charge in [0.25, 0.3) is 5.91 Å². The third-order valence-electron chi connectivity index (χ3n) is 1.50. The number of carbonyl (C=O) groups is 1. The molecule has 1 rings (SSSR count). The Labute approximate surface area is 96.0 Å². The van der Waals surface area contributed by atoms with E-state index in [0.29, 0.717) is 15.1 Å². The fourth-order valence-electron chi connectivity index (χ4n) is 0.963. The number of nitrogens with one attached hydrogen (secondary N) is 1. The minimum absolute atomic E-state index is 0.0821. The molecule has 0 aliphatic heterocycles. The molecule has 0 aliphatic carbocycles. The van der Waals surface area contributed by atoms with Gasteiger partial charge in [-0.15, -0.1) is 0 Å². The maximum Gasteiger partial charge on any atom is 0.254 e. The highest BCUT2D eigenvalue weighted by Gasteiger charge is 2.14. The van der Waals surface area contributed by atoms with Crippen molar-refractivity contribution in [3.63, 3.8) is 0 Å². The summed E-state index contributed by atoms with van der Waals surface area (Å²) in [4.78, 5) is 15.5. The van der Waals surface area contributed by atoms with Gasteiger partial charge >= 0.3 is 0 Å². The Morgan fingerprint density at radius 2 is 2.21 bits per heavy atom. The lowest BCUT2D eigenvalue weighted by Crippen LogP contribution is -2.30.